The molecule has 0 radical (unpaired) electrons. The van der Waals surface area contributed by atoms with E-state index in [1.54, 1.807) is 0 Å². The Morgan fingerprint density at radius 2 is 1.87 bits per heavy atom. The van der Waals surface area contributed by atoms with E-state index in [2.05, 4.69) is 17.8 Å². The van der Waals surface area contributed by atoms with Gasteiger partial charge >= 0.3 is 29.6 Å². The van der Waals surface area contributed by atoms with Crippen molar-refractivity contribution in [3.8, 4) is 0 Å². The second-order valence-electron chi connectivity index (χ2n) is 5.77. The number of phosphoric acid groups is 2. The van der Waals surface area contributed by atoms with Crippen LogP contribution in [0.1, 0.15) is 11.7 Å². The molecule has 176 valence electrons. The number of H-pyrrole nitrogens is 1. The number of aromatic amines is 1. The van der Waals surface area contributed by atoms with Crippen molar-refractivity contribution in [3.63, 3.8) is 0 Å². The van der Waals surface area contributed by atoms with Gasteiger partial charge in [-0.1, -0.05) is 0 Å². The molecule has 1 saturated heterocycles. The largest absolute Gasteiger partial charge is 0.708 e. The van der Waals surface area contributed by atoms with Crippen molar-refractivity contribution in [2.75, 3.05) is 6.61 Å². The molecule has 18 nitrogen and oxygen atoms in total. The first-order valence-corrected chi connectivity index (χ1v) is 11.9. The molecule has 1 fully saturated rings. The zero-order chi connectivity index (χ0) is 23.6. The summed E-state index contributed by atoms with van der Waals surface area (Å²) in [4.78, 5) is 43.4. The maximum atomic E-state index is 12.0. The minimum Gasteiger partial charge on any atom is -0.387 e. The van der Waals surface area contributed by atoms with E-state index in [1.807, 2.05) is 4.98 Å². The van der Waals surface area contributed by atoms with Gasteiger partial charge in [-0.2, -0.15) is 4.31 Å². The van der Waals surface area contributed by atoms with Crippen molar-refractivity contribution < 1.29 is 61.5 Å². The van der Waals surface area contributed by atoms with Gasteiger partial charge in [0, 0.05) is 10.8 Å². The van der Waals surface area contributed by atoms with Gasteiger partial charge in [0.25, 0.3) is 5.56 Å². The molecule has 2 rings (SSSR count). The lowest BCUT2D eigenvalue weighted by molar-refractivity contribution is -0.157. The van der Waals surface area contributed by atoms with Crippen LogP contribution < -0.4 is 17.0 Å². The van der Waals surface area contributed by atoms with Gasteiger partial charge in [-0.05, 0) is 4.31 Å². The number of nitrogens with two attached hydrogens (primary N) is 1. The molecule has 1 aromatic rings. The first-order valence-electron chi connectivity index (χ1n) is 7.85. The lowest BCUT2D eigenvalue weighted by atomic mass is 10.0. The minimum atomic E-state index is -5.50. The SMILES string of the molecule is NCn1cc([C@@H]2O[C@H](CO[P+](=O)OP(=O)(O)OP(=O)(O)OO)[C@@H](O)[C@H]2O)c(=O)[nH]c1=O. The Morgan fingerprint density at radius 1 is 1.23 bits per heavy atom. The molecule has 0 saturated carbocycles. The van der Waals surface area contributed by atoms with Crippen LogP contribution in [-0.4, -0.2) is 59.7 Å². The van der Waals surface area contributed by atoms with E-state index in [0.717, 1.165) is 10.8 Å². The van der Waals surface area contributed by atoms with Crippen molar-refractivity contribution in [1.82, 2.24) is 9.55 Å². The third kappa shape index (κ3) is 6.64. The maximum Gasteiger partial charge on any atom is 0.708 e. The van der Waals surface area contributed by atoms with Gasteiger partial charge in [0.2, 0.25) is 0 Å². The molecular weight excluding hydrogens is 495 g/mol. The predicted octanol–water partition coefficient (Wildman–Crippen LogP) is -1.99. The van der Waals surface area contributed by atoms with Crippen LogP contribution in [0.3, 0.4) is 0 Å². The number of aliphatic hydroxyl groups excluding tert-OH is 2. The Morgan fingerprint density at radius 3 is 2.45 bits per heavy atom. The van der Waals surface area contributed by atoms with Gasteiger partial charge in [-0.3, -0.25) is 19.2 Å². The van der Waals surface area contributed by atoms with E-state index in [0.29, 0.717) is 0 Å². The average molecular weight is 512 g/mol. The summed E-state index contributed by atoms with van der Waals surface area (Å²) in [5, 5.41) is 28.2. The number of hydrogen-bond donors (Lipinski definition) is 7. The van der Waals surface area contributed by atoms with Crippen molar-refractivity contribution in [2.24, 2.45) is 5.73 Å². The zero-order valence-corrected chi connectivity index (χ0v) is 17.7. The van der Waals surface area contributed by atoms with Crippen molar-refractivity contribution in [3.05, 3.63) is 32.6 Å². The molecule has 31 heavy (non-hydrogen) atoms. The van der Waals surface area contributed by atoms with Gasteiger partial charge < -0.3 is 25.6 Å². The maximum absolute atomic E-state index is 12.0. The number of nitrogens with one attached hydrogen (secondary N) is 1. The topological polar surface area (TPSA) is 279 Å². The van der Waals surface area contributed by atoms with Gasteiger partial charge in [-0.25, -0.2) is 19.2 Å². The van der Waals surface area contributed by atoms with Crippen LogP contribution in [0, 0.1) is 0 Å². The second kappa shape index (κ2) is 10.2. The minimum absolute atomic E-state index is 0.268. The standard InChI is InChI=1S/C10H16N3O15P3/c11-3-13-1-4(9(16)12-10(13)17)8-7(15)6(14)5(25-8)2-24-29(19)27-31(22,23)28-30(20,21)26-18/h1,5-8,14-15H,2-3,11H2,(H3-,12,16,17,18,20,21,22,23)/p+1/t5-,6-,7-,8+/m1/s1. The molecule has 0 aromatic carbocycles. The van der Waals surface area contributed by atoms with Crippen LogP contribution in [-0.2, 0) is 42.9 Å². The molecule has 0 spiro atoms. The summed E-state index contributed by atoms with van der Waals surface area (Å²) in [6.07, 6.45) is -5.30. The first kappa shape index (κ1) is 26.1. The van der Waals surface area contributed by atoms with Gasteiger partial charge in [0.1, 0.15) is 31.0 Å². The Kier molecular flexibility index (Phi) is 8.54. The Balaban J connectivity index is 2.04. The first-order chi connectivity index (χ1) is 14.3. The van der Waals surface area contributed by atoms with Crippen LogP contribution in [0.4, 0.5) is 0 Å². The highest BCUT2D eigenvalue weighted by Crippen LogP contribution is 2.63. The predicted molar refractivity (Wildman–Crippen MR) is 94.2 cm³/mol. The summed E-state index contributed by atoms with van der Waals surface area (Å²) in [7, 11) is -14.4. The molecule has 0 amide bonds. The number of hydrogen-bond acceptors (Lipinski definition) is 14. The molecule has 8 N–H and O–H groups in total. The van der Waals surface area contributed by atoms with E-state index in [-0.39, 0.29) is 12.2 Å². The lowest BCUT2D eigenvalue weighted by Crippen LogP contribution is -2.37. The Bertz CT molecular complexity index is 1020. The summed E-state index contributed by atoms with van der Waals surface area (Å²) < 4.78 is 55.0. The van der Waals surface area contributed by atoms with Gasteiger partial charge in [-0.15, -0.1) is 9.20 Å². The summed E-state index contributed by atoms with van der Waals surface area (Å²) in [5.74, 6) is 0. The quantitative estimate of drug-likeness (QED) is 0.101. The molecule has 1 aromatic heterocycles. The molecule has 21 heteroatoms. The van der Waals surface area contributed by atoms with Crippen molar-refractivity contribution in [2.45, 2.75) is 31.1 Å². The summed E-state index contributed by atoms with van der Waals surface area (Å²) in [5.41, 5.74) is 3.32. The smallest absolute Gasteiger partial charge is 0.387 e. The molecule has 2 heterocycles. The van der Waals surface area contributed by atoms with Crippen LogP contribution >= 0.6 is 23.9 Å². The number of rotatable bonds is 10. The number of aliphatic hydroxyl groups is 2. The molecule has 0 aliphatic carbocycles. The average Bonchev–Trinajstić information content (AvgIpc) is 2.93. The van der Waals surface area contributed by atoms with Gasteiger partial charge in [0.05, 0.1) is 12.2 Å². The van der Waals surface area contributed by atoms with E-state index in [9.17, 15) is 33.5 Å². The van der Waals surface area contributed by atoms with E-state index >= 15 is 0 Å². The molecule has 1 aliphatic heterocycles. The van der Waals surface area contributed by atoms with Crippen molar-refractivity contribution in [1.29, 1.82) is 0 Å². The number of aromatic nitrogens is 2. The summed E-state index contributed by atoms with van der Waals surface area (Å²) in [6, 6.07) is 0. The highest BCUT2D eigenvalue weighted by atomic mass is 31.3. The summed E-state index contributed by atoms with van der Waals surface area (Å²) in [6.45, 7) is -1.14. The Labute approximate surface area is 171 Å². The second-order valence-corrected chi connectivity index (χ2v) is 9.82. The normalized spacial score (nSPS) is 28.1. The fourth-order valence-electron chi connectivity index (χ4n) is 2.41. The molecule has 7 atom stereocenters. The fraction of sp³-hybridized carbons (Fsp3) is 0.600. The third-order valence-corrected chi connectivity index (χ3v) is 7.30. The third-order valence-electron chi connectivity index (χ3n) is 3.73. The molecule has 1 aliphatic rings. The van der Waals surface area contributed by atoms with E-state index in [1.165, 1.54) is 0 Å². The van der Waals surface area contributed by atoms with E-state index in [4.69, 9.17) is 25.5 Å². The highest BCUT2D eigenvalue weighted by Gasteiger charge is 2.48. The van der Waals surface area contributed by atoms with E-state index < -0.39 is 66.2 Å². The monoisotopic (exact) mass is 512 g/mol. The summed E-state index contributed by atoms with van der Waals surface area (Å²) >= 11 is 0. The Hall–Kier alpha value is -1.20. The van der Waals surface area contributed by atoms with Crippen LogP contribution in [0.2, 0.25) is 0 Å². The van der Waals surface area contributed by atoms with Crippen LogP contribution in [0.25, 0.3) is 0 Å². The molecule has 0 bridgehead atoms. The molecular formula is C10H17N3O15P3+. The molecule has 3 unspecified atom stereocenters. The van der Waals surface area contributed by atoms with Crippen molar-refractivity contribution >= 4 is 23.9 Å². The zero-order valence-electron chi connectivity index (χ0n) is 15.0. The number of nitrogens with zero attached hydrogens (tertiary/aromatic N) is 1. The van der Waals surface area contributed by atoms with Crippen LogP contribution in [0.5, 0.6) is 0 Å². The number of ether oxygens (including phenoxy) is 1. The van der Waals surface area contributed by atoms with Crippen LogP contribution in [0.15, 0.2) is 15.8 Å². The fourth-order valence-corrected chi connectivity index (χ4v) is 5.09. The van der Waals surface area contributed by atoms with Gasteiger partial charge in [0.15, 0.2) is 0 Å². The highest BCUT2D eigenvalue weighted by molar-refractivity contribution is 7.64. The lowest BCUT2D eigenvalue weighted by Gasteiger charge is -2.14.